The van der Waals surface area contributed by atoms with Crippen LogP contribution in [-0.2, 0) is 14.8 Å². The van der Waals surface area contributed by atoms with E-state index in [0.29, 0.717) is 17.9 Å². The van der Waals surface area contributed by atoms with Crippen LogP contribution in [0.2, 0.25) is 0 Å². The van der Waals surface area contributed by atoms with Gasteiger partial charge >= 0.3 is 0 Å². The molecule has 0 aliphatic rings. The predicted molar refractivity (Wildman–Crippen MR) is 77.6 cm³/mol. The Kier molecular flexibility index (Phi) is 5.78. The second-order valence-electron chi connectivity index (χ2n) is 4.13. The fourth-order valence-corrected chi connectivity index (χ4v) is 2.47. The number of aryl methyl sites for hydroxylation is 1. The topological polar surface area (TPSA) is 114 Å². The molecule has 20 heavy (non-hydrogen) atoms. The van der Waals surface area contributed by atoms with Crippen LogP contribution < -0.4 is 10.5 Å². The molecular formula is C12H19N3O4S. The predicted octanol–water partition coefficient (Wildman–Crippen LogP) is 0.868. The van der Waals surface area contributed by atoms with Crippen molar-refractivity contribution >= 4 is 21.5 Å². The number of sulfonamides is 1. The maximum absolute atomic E-state index is 11.9. The van der Waals surface area contributed by atoms with E-state index < -0.39 is 10.0 Å². The lowest BCUT2D eigenvalue weighted by Crippen LogP contribution is -2.21. The molecule has 0 aliphatic carbocycles. The lowest BCUT2D eigenvalue weighted by Gasteiger charge is -2.12. The van der Waals surface area contributed by atoms with Gasteiger partial charge in [0.05, 0.1) is 18.0 Å². The molecule has 0 radical (unpaired) electrons. The van der Waals surface area contributed by atoms with E-state index in [4.69, 9.17) is 15.7 Å². The first-order valence-corrected chi connectivity index (χ1v) is 7.71. The lowest BCUT2D eigenvalue weighted by molar-refractivity contribution is 0.163. The summed E-state index contributed by atoms with van der Waals surface area (Å²) in [6, 6.07) is 4.85. The van der Waals surface area contributed by atoms with Gasteiger partial charge in [0, 0.05) is 12.2 Å². The number of nitrogens with two attached hydrogens (primary N) is 1. The quantitative estimate of drug-likeness (QED) is 0.227. The molecule has 0 aromatic heterocycles. The molecule has 0 aliphatic heterocycles. The van der Waals surface area contributed by atoms with E-state index in [0.717, 1.165) is 5.56 Å². The van der Waals surface area contributed by atoms with Crippen LogP contribution >= 0.6 is 0 Å². The van der Waals surface area contributed by atoms with Gasteiger partial charge in [-0.05, 0) is 25.5 Å². The molecule has 1 aromatic rings. The van der Waals surface area contributed by atoms with Crippen LogP contribution in [0.25, 0.3) is 0 Å². The van der Waals surface area contributed by atoms with Gasteiger partial charge in [-0.3, -0.25) is 4.72 Å². The Balaban J connectivity index is 2.91. The van der Waals surface area contributed by atoms with Crippen LogP contribution in [0.5, 0.6) is 0 Å². The summed E-state index contributed by atoms with van der Waals surface area (Å²) in [6.45, 7) is 4.15. The van der Waals surface area contributed by atoms with E-state index >= 15 is 0 Å². The number of rotatable bonds is 7. The van der Waals surface area contributed by atoms with Gasteiger partial charge in [-0.1, -0.05) is 17.3 Å². The minimum absolute atomic E-state index is 0.0836. The van der Waals surface area contributed by atoms with Gasteiger partial charge in [-0.2, -0.15) is 0 Å². The molecule has 0 bridgehead atoms. The highest BCUT2D eigenvalue weighted by atomic mass is 32.2. The molecule has 0 saturated carbocycles. The molecule has 7 nitrogen and oxygen atoms in total. The molecule has 0 unspecified atom stereocenters. The molecular weight excluding hydrogens is 282 g/mol. The van der Waals surface area contributed by atoms with Gasteiger partial charge in [-0.25, -0.2) is 8.42 Å². The van der Waals surface area contributed by atoms with Gasteiger partial charge in [0.1, 0.15) is 0 Å². The number of hydrogen-bond acceptors (Lipinski definition) is 5. The van der Waals surface area contributed by atoms with Crippen molar-refractivity contribution in [2.45, 2.75) is 13.8 Å². The van der Waals surface area contributed by atoms with E-state index in [2.05, 4.69) is 9.88 Å². The summed E-state index contributed by atoms with van der Waals surface area (Å²) in [7, 11) is -3.50. The molecule has 4 N–H and O–H groups in total. The van der Waals surface area contributed by atoms with Crippen LogP contribution in [0, 0.1) is 6.92 Å². The van der Waals surface area contributed by atoms with Crippen LogP contribution in [0.1, 0.15) is 18.1 Å². The molecule has 0 saturated heterocycles. The summed E-state index contributed by atoms with van der Waals surface area (Å²) in [5.41, 5.74) is 7.04. The fourth-order valence-electron chi connectivity index (χ4n) is 1.48. The standard InChI is InChI=1S/C12H19N3O4S/c1-3-19-6-7-20(17,18)15-11-8-10(12(13)14-16)5-4-9(11)2/h4-5,8,15-16H,3,6-7H2,1-2H3,(H2,13,14). The average molecular weight is 301 g/mol. The van der Waals surface area contributed by atoms with Crippen molar-refractivity contribution in [3.05, 3.63) is 29.3 Å². The minimum Gasteiger partial charge on any atom is -0.409 e. The average Bonchev–Trinajstić information content (AvgIpc) is 2.40. The number of oxime groups is 1. The molecule has 8 heteroatoms. The summed E-state index contributed by atoms with van der Waals surface area (Å²) < 4.78 is 31.2. The van der Waals surface area contributed by atoms with E-state index in [1.807, 2.05) is 0 Å². The number of ether oxygens (including phenoxy) is 1. The van der Waals surface area contributed by atoms with E-state index in [9.17, 15) is 8.42 Å². The van der Waals surface area contributed by atoms with Gasteiger partial charge in [-0.15, -0.1) is 0 Å². The van der Waals surface area contributed by atoms with Crippen LogP contribution in [-0.4, -0.2) is 38.4 Å². The van der Waals surface area contributed by atoms with Gasteiger partial charge in [0.15, 0.2) is 5.84 Å². The molecule has 0 amide bonds. The Hall–Kier alpha value is -1.80. The normalized spacial score (nSPS) is 12.4. The van der Waals surface area contributed by atoms with Gasteiger partial charge in [0.2, 0.25) is 10.0 Å². The highest BCUT2D eigenvalue weighted by Gasteiger charge is 2.13. The summed E-state index contributed by atoms with van der Waals surface area (Å²) in [6.07, 6.45) is 0. The zero-order valence-corrected chi connectivity index (χ0v) is 12.3. The number of nitrogens with one attached hydrogen (secondary N) is 1. The van der Waals surface area contributed by atoms with Gasteiger partial charge < -0.3 is 15.7 Å². The highest BCUT2D eigenvalue weighted by Crippen LogP contribution is 2.18. The zero-order chi connectivity index (χ0) is 15.2. The first kappa shape index (κ1) is 16.3. The van der Waals surface area contributed by atoms with Crippen molar-refractivity contribution in [2.24, 2.45) is 10.9 Å². The van der Waals surface area contributed by atoms with Gasteiger partial charge in [0.25, 0.3) is 0 Å². The smallest absolute Gasteiger partial charge is 0.235 e. The number of benzene rings is 1. The second-order valence-corrected chi connectivity index (χ2v) is 5.97. The van der Waals surface area contributed by atoms with E-state index in [1.54, 1.807) is 26.0 Å². The maximum Gasteiger partial charge on any atom is 0.235 e. The SMILES string of the molecule is CCOCCS(=O)(=O)Nc1cc(C(N)=NO)ccc1C. The van der Waals surface area contributed by atoms with Crippen molar-refractivity contribution in [1.82, 2.24) is 0 Å². The molecule has 112 valence electrons. The third-order valence-electron chi connectivity index (χ3n) is 2.61. The number of anilines is 1. The molecule has 0 spiro atoms. The van der Waals surface area contributed by atoms with Crippen LogP contribution in [0.15, 0.2) is 23.4 Å². The largest absolute Gasteiger partial charge is 0.409 e. The first-order chi connectivity index (χ1) is 9.39. The Morgan fingerprint density at radius 3 is 2.80 bits per heavy atom. The summed E-state index contributed by atoms with van der Waals surface area (Å²) in [4.78, 5) is 0. The Labute approximate surface area is 118 Å². The molecule has 0 heterocycles. The summed E-state index contributed by atoms with van der Waals surface area (Å²) in [5, 5.41) is 11.5. The molecule has 0 atom stereocenters. The van der Waals surface area contributed by atoms with Crippen molar-refractivity contribution in [2.75, 3.05) is 23.7 Å². The summed E-state index contributed by atoms with van der Waals surface area (Å²) in [5.74, 6) is -0.214. The third-order valence-corrected chi connectivity index (χ3v) is 3.84. The maximum atomic E-state index is 11.9. The lowest BCUT2D eigenvalue weighted by atomic mass is 10.1. The molecule has 0 fully saturated rings. The zero-order valence-electron chi connectivity index (χ0n) is 11.5. The van der Waals surface area contributed by atoms with Crippen molar-refractivity contribution in [1.29, 1.82) is 0 Å². The fraction of sp³-hybridized carbons (Fsp3) is 0.417. The number of hydrogen-bond donors (Lipinski definition) is 3. The minimum atomic E-state index is -3.50. The highest BCUT2D eigenvalue weighted by molar-refractivity contribution is 7.92. The van der Waals surface area contributed by atoms with E-state index in [1.165, 1.54) is 6.07 Å². The number of amidine groups is 1. The van der Waals surface area contributed by atoms with Crippen LogP contribution in [0.4, 0.5) is 5.69 Å². The van der Waals surface area contributed by atoms with Crippen molar-refractivity contribution < 1.29 is 18.4 Å². The first-order valence-electron chi connectivity index (χ1n) is 6.06. The van der Waals surface area contributed by atoms with Crippen LogP contribution in [0.3, 0.4) is 0 Å². The Morgan fingerprint density at radius 2 is 2.20 bits per heavy atom. The second kappa shape index (κ2) is 7.11. The Morgan fingerprint density at radius 1 is 1.50 bits per heavy atom. The third kappa shape index (κ3) is 4.71. The monoisotopic (exact) mass is 301 g/mol. The molecule has 1 aromatic carbocycles. The van der Waals surface area contributed by atoms with Crippen molar-refractivity contribution in [3.63, 3.8) is 0 Å². The summed E-state index contributed by atoms with van der Waals surface area (Å²) >= 11 is 0. The van der Waals surface area contributed by atoms with Crippen molar-refractivity contribution in [3.8, 4) is 0 Å². The number of nitrogens with zero attached hydrogens (tertiary/aromatic N) is 1. The molecule has 1 rings (SSSR count). The van der Waals surface area contributed by atoms with E-state index in [-0.39, 0.29) is 18.2 Å². The Bertz CT molecular complexity index is 584.